The fraction of sp³-hybridized carbons (Fsp3) is 0.462. The smallest absolute Gasteiger partial charge is 0.251 e. The predicted molar refractivity (Wildman–Crippen MR) is 66.9 cm³/mol. The first-order valence-corrected chi connectivity index (χ1v) is 5.85. The number of benzene rings is 1. The van der Waals surface area contributed by atoms with Gasteiger partial charge in [0.05, 0.1) is 26.8 Å². The van der Waals surface area contributed by atoms with Crippen LogP contribution in [0.15, 0.2) is 24.3 Å². The number of Topliss-reactive ketones (excluding diaryl/α,β-unsaturated/α-hetero) is 1. The maximum Gasteiger partial charge on any atom is 0.251 e. The molecule has 0 aliphatic heterocycles. The zero-order valence-electron chi connectivity index (χ0n) is 10.7. The number of aliphatic hydroxyl groups excluding tert-OH is 1. The van der Waals surface area contributed by atoms with E-state index in [2.05, 4.69) is 0 Å². The predicted octanol–water partition coefficient (Wildman–Crippen LogP) is 1.44. The number of ketones is 1. The summed E-state index contributed by atoms with van der Waals surface area (Å²) in [4.78, 5) is 13.2. The molecule has 1 aromatic rings. The highest BCUT2D eigenvalue weighted by molar-refractivity contribution is 5.97. The minimum atomic E-state index is -2.54. The van der Waals surface area contributed by atoms with Gasteiger partial charge in [-0.1, -0.05) is 12.1 Å². The molecule has 0 aliphatic carbocycles. The highest BCUT2D eigenvalue weighted by atomic mass is 19.3. The number of carbonyl (C=O) groups is 1. The molecule has 0 heterocycles. The normalized spacial score (nSPS) is 11.1. The summed E-state index contributed by atoms with van der Waals surface area (Å²) < 4.78 is 29.6. The van der Waals surface area contributed by atoms with Crippen LogP contribution in [0.4, 0.5) is 8.78 Å². The second kappa shape index (κ2) is 7.81. The van der Waals surface area contributed by atoms with Crippen molar-refractivity contribution in [1.29, 1.82) is 0 Å². The van der Waals surface area contributed by atoms with Crippen LogP contribution in [0, 0.1) is 0 Å². The molecule has 0 aliphatic rings. The fourth-order valence-electron chi connectivity index (χ4n) is 1.66. The molecule has 19 heavy (non-hydrogen) atoms. The summed E-state index contributed by atoms with van der Waals surface area (Å²) in [7, 11) is 1.48. The third kappa shape index (κ3) is 5.32. The summed E-state index contributed by atoms with van der Waals surface area (Å²) in [5, 5.41) is 8.80. The van der Waals surface area contributed by atoms with Crippen molar-refractivity contribution in [2.75, 3.05) is 33.4 Å². The molecule has 0 spiro atoms. The van der Waals surface area contributed by atoms with Gasteiger partial charge < -0.3 is 9.84 Å². The molecule has 0 amide bonds. The van der Waals surface area contributed by atoms with Crippen molar-refractivity contribution in [3.05, 3.63) is 29.8 Å². The number of hydrogen-bond acceptors (Lipinski definition) is 4. The minimum Gasteiger partial charge on any atom is -0.497 e. The fourth-order valence-corrected chi connectivity index (χ4v) is 1.66. The second-order valence-electron chi connectivity index (χ2n) is 4.00. The maximum atomic E-state index is 12.3. The van der Waals surface area contributed by atoms with E-state index in [1.54, 1.807) is 24.3 Å². The lowest BCUT2D eigenvalue weighted by molar-refractivity contribution is 0.0689. The number of methoxy groups -OCH3 is 1. The average molecular weight is 273 g/mol. The molecule has 1 N–H and O–H groups in total. The molecule has 6 heteroatoms. The van der Waals surface area contributed by atoms with E-state index >= 15 is 0 Å². The molecular weight excluding hydrogens is 256 g/mol. The van der Waals surface area contributed by atoms with Gasteiger partial charge in [0.1, 0.15) is 5.75 Å². The molecule has 4 nitrogen and oxygen atoms in total. The number of carbonyl (C=O) groups excluding carboxylic acids is 1. The van der Waals surface area contributed by atoms with Crippen LogP contribution in [-0.2, 0) is 0 Å². The Labute approximate surface area is 110 Å². The Hall–Kier alpha value is -1.53. The Balaban J connectivity index is 2.69. The first kappa shape index (κ1) is 15.5. The topological polar surface area (TPSA) is 49.8 Å². The number of halogens is 2. The third-order valence-corrected chi connectivity index (χ3v) is 2.57. The molecule has 0 saturated heterocycles. The van der Waals surface area contributed by atoms with Gasteiger partial charge in [0.15, 0.2) is 5.78 Å². The van der Waals surface area contributed by atoms with Crippen LogP contribution < -0.4 is 4.74 Å². The third-order valence-electron chi connectivity index (χ3n) is 2.57. The summed E-state index contributed by atoms with van der Waals surface area (Å²) in [5.74, 6) is 0.251. The van der Waals surface area contributed by atoms with Crippen molar-refractivity contribution in [3.8, 4) is 5.75 Å². The van der Waals surface area contributed by atoms with Gasteiger partial charge in [0.25, 0.3) is 6.43 Å². The number of hydrogen-bond donors (Lipinski definition) is 1. The lowest BCUT2D eigenvalue weighted by Gasteiger charge is -2.19. The molecule has 0 saturated carbocycles. The Kier molecular flexibility index (Phi) is 6.38. The molecular formula is C13H17F2NO3. The quantitative estimate of drug-likeness (QED) is 0.728. The molecule has 0 aromatic heterocycles. The number of rotatable bonds is 8. The molecule has 1 rings (SSSR count). The SMILES string of the molecule is COc1cccc(C(=O)CN(CCO)CC(F)F)c1. The number of aliphatic hydroxyl groups is 1. The highest BCUT2D eigenvalue weighted by Gasteiger charge is 2.16. The lowest BCUT2D eigenvalue weighted by Crippen LogP contribution is -2.36. The van der Waals surface area contributed by atoms with Gasteiger partial charge in [-0.15, -0.1) is 0 Å². The van der Waals surface area contributed by atoms with E-state index in [0.29, 0.717) is 11.3 Å². The van der Waals surface area contributed by atoms with E-state index in [0.717, 1.165) is 0 Å². The van der Waals surface area contributed by atoms with Gasteiger partial charge in [0.2, 0.25) is 0 Å². The van der Waals surface area contributed by atoms with Gasteiger partial charge in [-0.3, -0.25) is 9.69 Å². The Morgan fingerprint density at radius 1 is 1.47 bits per heavy atom. The summed E-state index contributed by atoms with van der Waals surface area (Å²) in [6.07, 6.45) is -2.54. The van der Waals surface area contributed by atoms with Crippen LogP contribution in [0.25, 0.3) is 0 Å². The summed E-state index contributed by atoms with van der Waals surface area (Å²) in [5.41, 5.74) is 0.400. The van der Waals surface area contributed by atoms with Crippen molar-refractivity contribution in [2.45, 2.75) is 6.43 Å². The van der Waals surface area contributed by atoms with Gasteiger partial charge in [-0.25, -0.2) is 8.78 Å². The summed E-state index contributed by atoms with van der Waals surface area (Å²) in [6, 6.07) is 6.52. The van der Waals surface area contributed by atoms with E-state index in [1.165, 1.54) is 12.0 Å². The van der Waals surface area contributed by atoms with Gasteiger partial charge in [-0.2, -0.15) is 0 Å². The van der Waals surface area contributed by atoms with Crippen molar-refractivity contribution in [3.63, 3.8) is 0 Å². The molecule has 106 valence electrons. The molecule has 1 aromatic carbocycles. The van der Waals surface area contributed by atoms with Crippen LogP contribution in [0.1, 0.15) is 10.4 Å². The largest absolute Gasteiger partial charge is 0.497 e. The Bertz CT molecular complexity index is 413. The highest BCUT2D eigenvalue weighted by Crippen LogP contribution is 2.13. The van der Waals surface area contributed by atoms with E-state index in [1.807, 2.05) is 0 Å². The first-order chi connectivity index (χ1) is 9.06. The number of ether oxygens (including phenoxy) is 1. The number of alkyl halides is 2. The summed E-state index contributed by atoms with van der Waals surface area (Å²) >= 11 is 0. The van der Waals surface area contributed by atoms with Crippen molar-refractivity contribution in [2.24, 2.45) is 0 Å². The van der Waals surface area contributed by atoms with Crippen molar-refractivity contribution in [1.82, 2.24) is 4.90 Å². The second-order valence-corrected chi connectivity index (χ2v) is 4.00. The molecule has 0 radical (unpaired) electrons. The number of nitrogens with zero attached hydrogens (tertiary/aromatic N) is 1. The van der Waals surface area contributed by atoms with Crippen molar-refractivity contribution < 1.29 is 23.4 Å². The van der Waals surface area contributed by atoms with E-state index in [4.69, 9.17) is 9.84 Å². The Morgan fingerprint density at radius 3 is 2.79 bits per heavy atom. The van der Waals surface area contributed by atoms with Crippen LogP contribution in [0.5, 0.6) is 5.75 Å². The van der Waals surface area contributed by atoms with Crippen LogP contribution in [0.3, 0.4) is 0 Å². The monoisotopic (exact) mass is 273 g/mol. The van der Waals surface area contributed by atoms with Gasteiger partial charge in [-0.05, 0) is 12.1 Å². The minimum absolute atomic E-state index is 0.0417. The molecule has 0 unspecified atom stereocenters. The molecule has 0 bridgehead atoms. The lowest BCUT2D eigenvalue weighted by atomic mass is 10.1. The van der Waals surface area contributed by atoms with Gasteiger partial charge >= 0.3 is 0 Å². The van der Waals surface area contributed by atoms with Crippen LogP contribution >= 0.6 is 0 Å². The van der Waals surface area contributed by atoms with Gasteiger partial charge in [0, 0.05) is 12.1 Å². The average Bonchev–Trinajstić information content (AvgIpc) is 2.38. The van der Waals surface area contributed by atoms with Crippen LogP contribution in [-0.4, -0.2) is 55.6 Å². The zero-order chi connectivity index (χ0) is 14.3. The zero-order valence-corrected chi connectivity index (χ0v) is 10.7. The first-order valence-electron chi connectivity index (χ1n) is 5.85. The standard InChI is InChI=1S/C13H17F2NO3/c1-19-11-4-2-3-10(7-11)12(18)8-16(5-6-17)9-13(14)15/h2-4,7,13,17H,5-6,8-9H2,1H3. The van der Waals surface area contributed by atoms with Crippen molar-refractivity contribution >= 4 is 5.78 Å². The molecule has 0 atom stereocenters. The summed E-state index contributed by atoms with van der Waals surface area (Å²) in [6.45, 7) is -0.910. The van der Waals surface area contributed by atoms with Crippen LogP contribution in [0.2, 0.25) is 0 Å². The molecule has 0 fully saturated rings. The van der Waals surface area contributed by atoms with E-state index in [-0.39, 0.29) is 25.5 Å². The maximum absolute atomic E-state index is 12.3. The van der Waals surface area contributed by atoms with E-state index < -0.39 is 13.0 Å². The Morgan fingerprint density at radius 2 is 2.21 bits per heavy atom. The van der Waals surface area contributed by atoms with E-state index in [9.17, 15) is 13.6 Å².